The van der Waals surface area contributed by atoms with Crippen LogP contribution in [0.4, 0.5) is 0 Å². The number of nitrogens with two attached hydrogens (primary N) is 1. The summed E-state index contributed by atoms with van der Waals surface area (Å²) < 4.78 is 0. The molecule has 0 aliphatic heterocycles. The number of carbonyl (C=O) groups excluding carboxylic acids is 1. The Morgan fingerprint density at radius 3 is 2.95 bits per heavy atom. The summed E-state index contributed by atoms with van der Waals surface area (Å²) in [5, 5.41) is 11.9. The molecular formula is C14H13N3O3S. The van der Waals surface area contributed by atoms with Crippen molar-refractivity contribution in [1.82, 2.24) is 10.3 Å². The topological polar surface area (TPSA) is 108 Å². The molecule has 0 saturated heterocycles. The van der Waals surface area contributed by atoms with E-state index in [4.69, 9.17) is 5.73 Å². The number of aromatic amines is 1. The van der Waals surface area contributed by atoms with E-state index >= 15 is 0 Å². The van der Waals surface area contributed by atoms with Gasteiger partial charge in [-0.3, -0.25) is 14.6 Å². The lowest BCUT2D eigenvalue weighted by Gasteiger charge is -2.03. The zero-order valence-corrected chi connectivity index (χ0v) is 11.8. The lowest BCUT2D eigenvalue weighted by atomic mass is 10.2. The van der Waals surface area contributed by atoms with Gasteiger partial charge in [0.25, 0.3) is 11.5 Å². The number of hydrogen-bond donors (Lipinski definition) is 4. The molecule has 2 aromatic heterocycles. The van der Waals surface area contributed by atoms with Crippen LogP contribution in [0.3, 0.4) is 0 Å². The summed E-state index contributed by atoms with van der Waals surface area (Å²) in [4.78, 5) is 27.0. The van der Waals surface area contributed by atoms with Crippen LogP contribution >= 0.6 is 11.3 Å². The van der Waals surface area contributed by atoms with Crippen LogP contribution in [0, 0.1) is 11.8 Å². The Hall–Kier alpha value is -2.56. The maximum absolute atomic E-state index is 11.9. The highest BCUT2D eigenvalue weighted by Crippen LogP contribution is 2.15. The van der Waals surface area contributed by atoms with E-state index in [1.54, 1.807) is 0 Å². The molecular weight excluding hydrogens is 290 g/mol. The van der Waals surface area contributed by atoms with E-state index in [-0.39, 0.29) is 11.4 Å². The van der Waals surface area contributed by atoms with Crippen molar-refractivity contribution in [3.63, 3.8) is 0 Å². The van der Waals surface area contributed by atoms with E-state index in [1.165, 1.54) is 17.4 Å². The van der Waals surface area contributed by atoms with Crippen LogP contribution in [0.1, 0.15) is 20.1 Å². The third-order valence-electron chi connectivity index (χ3n) is 2.49. The number of pyridine rings is 1. The second kappa shape index (κ2) is 6.74. The van der Waals surface area contributed by atoms with E-state index < -0.39 is 11.5 Å². The predicted molar refractivity (Wildman–Crippen MR) is 80.1 cm³/mol. The predicted octanol–water partition coefficient (Wildman–Crippen LogP) is 0.382. The van der Waals surface area contributed by atoms with Gasteiger partial charge in [-0.2, -0.15) is 0 Å². The highest BCUT2D eigenvalue weighted by Gasteiger charge is 2.08. The SMILES string of the molecule is NCC#Cc1ccc(CNC(=O)c2cc(O)[nH]c(=O)c2)s1. The molecule has 7 heteroatoms. The number of H-pyrrole nitrogens is 1. The molecule has 0 aliphatic carbocycles. The summed E-state index contributed by atoms with van der Waals surface area (Å²) in [7, 11) is 0. The number of nitrogens with one attached hydrogen (secondary N) is 2. The van der Waals surface area contributed by atoms with Crippen molar-refractivity contribution in [2.75, 3.05) is 6.54 Å². The van der Waals surface area contributed by atoms with Gasteiger partial charge in [-0.05, 0) is 12.1 Å². The Bertz CT molecular complexity index is 768. The Morgan fingerprint density at radius 2 is 2.24 bits per heavy atom. The van der Waals surface area contributed by atoms with Crippen molar-refractivity contribution >= 4 is 17.2 Å². The van der Waals surface area contributed by atoms with Crippen LogP contribution in [0.25, 0.3) is 0 Å². The lowest BCUT2D eigenvalue weighted by Crippen LogP contribution is -2.23. The van der Waals surface area contributed by atoms with Crippen LogP contribution in [-0.2, 0) is 6.54 Å². The van der Waals surface area contributed by atoms with E-state index in [2.05, 4.69) is 22.1 Å². The number of thiophene rings is 1. The van der Waals surface area contributed by atoms with E-state index in [1.807, 2.05) is 12.1 Å². The van der Waals surface area contributed by atoms with Gasteiger partial charge in [-0.25, -0.2) is 0 Å². The minimum atomic E-state index is -0.532. The largest absolute Gasteiger partial charge is 0.494 e. The van der Waals surface area contributed by atoms with Gasteiger partial charge >= 0.3 is 0 Å². The summed E-state index contributed by atoms with van der Waals surface area (Å²) >= 11 is 1.46. The average molecular weight is 303 g/mol. The molecule has 0 radical (unpaired) electrons. The Balaban J connectivity index is 2.00. The Kier molecular flexibility index (Phi) is 4.77. The van der Waals surface area contributed by atoms with E-state index in [9.17, 15) is 14.7 Å². The quantitative estimate of drug-likeness (QED) is 0.615. The Morgan fingerprint density at radius 1 is 1.43 bits per heavy atom. The number of hydrogen-bond acceptors (Lipinski definition) is 5. The highest BCUT2D eigenvalue weighted by molar-refractivity contribution is 7.12. The van der Waals surface area contributed by atoms with Crippen molar-refractivity contribution in [2.24, 2.45) is 5.73 Å². The molecule has 5 N–H and O–H groups in total. The van der Waals surface area contributed by atoms with Crippen molar-refractivity contribution in [1.29, 1.82) is 0 Å². The zero-order valence-electron chi connectivity index (χ0n) is 11.0. The molecule has 0 bridgehead atoms. The van der Waals surface area contributed by atoms with Crippen LogP contribution in [-0.4, -0.2) is 22.5 Å². The molecule has 21 heavy (non-hydrogen) atoms. The lowest BCUT2D eigenvalue weighted by molar-refractivity contribution is 0.0950. The zero-order chi connectivity index (χ0) is 15.2. The summed E-state index contributed by atoms with van der Waals surface area (Å²) in [5.41, 5.74) is 4.87. The second-order valence-electron chi connectivity index (χ2n) is 4.07. The normalized spacial score (nSPS) is 9.76. The molecule has 0 unspecified atom stereocenters. The first-order valence-corrected chi connectivity index (χ1v) is 6.89. The first-order valence-electron chi connectivity index (χ1n) is 6.07. The minimum absolute atomic E-state index is 0.107. The standard InChI is InChI=1S/C14H13N3O3S/c15-5-1-2-10-3-4-11(21-10)8-16-14(20)9-6-12(18)17-13(19)7-9/h3-4,6-7H,5,8,15H2,(H,16,20)(H2,17,18,19). The summed E-state index contributed by atoms with van der Waals surface area (Å²) in [6, 6.07) is 6.04. The molecule has 0 fully saturated rings. The van der Waals surface area contributed by atoms with Gasteiger partial charge in [-0.15, -0.1) is 11.3 Å². The number of rotatable bonds is 3. The molecule has 6 nitrogen and oxygen atoms in total. The molecule has 0 saturated carbocycles. The fraction of sp³-hybridized carbons (Fsp3) is 0.143. The van der Waals surface area contributed by atoms with Crippen molar-refractivity contribution < 1.29 is 9.90 Å². The number of carbonyl (C=O) groups is 1. The summed E-state index contributed by atoms with van der Waals surface area (Å²) in [6.45, 7) is 0.622. The van der Waals surface area contributed by atoms with Gasteiger partial charge < -0.3 is 16.2 Å². The third-order valence-corrected chi connectivity index (χ3v) is 3.49. The number of amides is 1. The molecule has 0 aliphatic rings. The monoisotopic (exact) mass is 303 g/mol. The van der Waals surface area contributed by atoms with Gasteiger partial charge in [-0.1, -0.05) is 11.8 Å². The van der Waals surface area contributed by atoms with Crippen LogP contribution in [0.15, 0.2) is 29.1 Å². The fourth-order valence-electron chi connectivity index (χ4n) is 1.61. The average Bonchev–Trinajstić information content (AvgIpc) is 2.89. The summed E-state index contributed by atoms with van der Waals surface area (Å²) in [6.07, 6.45) is 0. The van der Waals surface area contributed by atoms with E-state index in [0.717, 1.165) is 15.8 Å². The minimum Gasteiger partial charge on any atom is -0.494 e. The smallest absolute Gasteiger partial charge is 0.251 e. The third kappa shape index (κ3) is 4.21. The molecule has 2 rings (SSSR count). The molecule has 2 heterocycles. The number of aromatic hydroxyl groups is 1. The number of aromatic nitrogens is 1. The van der Waals surface area contributed by atoms with Gasteiger partial charge in [0.1, 0.15) is 0 Å². The molecule has 1 amide bonds. The first-order chi connectivity index (χ1) is 10.1. The van der Waals surface area contributed by atoms with Crippen molar-refractivity contribution in [3.05, 3.63) is 49.9 Å². The van der Waals surface area contributed by atoms with Crippen LogP contribution < -0.4 is 16.6 Å². The van der Waals surface area contributed by atoms with Crippen molar-refractivity contribution in [3.8, 4) is 17.7 Å². The molecule has 0 aromatic carbocycles. The van der Waals surface area contributed by atoms with Gasteiger partial charge in [0.15, 0.2) is 5.88 Å². The first kappa shape index (κ1) is 14.8. The Labute approximate surface area is 124 Å². The maximum Gasteiger partial charge on any atom is 0.251 e. The van der Waals surface area contributed by atoms with Gasteiger partial charge in [0.2, 0.25) is 0 Å². The molecule has 2 aromatic rings. The molecule has 0 atom stereocenters. The maximum atomic E-state index is 11.9. The van der Waals surface area contributed by atoms with Crippen LogP contribution in [0.5, 0.6) is 5.88 Å². The van der Waals surface area contributed by atoms with E-state index in [0.29, 0.717) is 13.1 Å². The fourth-order valence-corrected chi connectivity index (χ4v) is 2.43. The van der Waals surface area contributed by atoms with Gasteiger partial charge in [0.05, 0.1) is 23.5 Å². The summed E-state index contributed by atoms with van der Waals surface area (Å²) in [5.74, 6) is 4.89. The van der Waals surface area contributed by atoms with Crippen molar-refractivity contribution in [2.45, 2.75) is 6.54 Å². The molecule has 108 valence electrons. The van der Waals surface area contributed by atoms with Crippen LogP contribution in [0.2, 0.25) is 0 Å². The van der Waals surface area contributed by atoms with Gasteiger partial charge in [0, 0.05) is 17.0 Å². The second-order valence-corrected chi connectivity index (χ2v) is 5.24. The molecule has 0 spiro atoms. The highest BCUT2D eigenvalue weighted by atomic mass is 32.1.